The van der Waals surface area contributed by atoms with Crippen LogP contribution in [0.2, 0.25) is 0 Å². The van der Waals surface area contributed by atoms with Gasteiger partial charge in [0.15, 0.2) is 5.58 Å². The molecule has 0 fully saturated rings. The second-order valence-electron chi connectivity index (χ2n) is 18.9. The maximum atomic E-state index is 6.83. The number of anilines is 6. The topological polar surface area (TPSA) is 19.6 Å². The zero-order chi connectivity index (χ0) is 46.8. The van der Waals surface area contributed by atoms with E-state index in [0.717, 1.165) is 67.2 Å². The van der Waals surface area contributed by atoms with Gasteiger partial charge in [-0.25, -0.2) is 0 Å². The summed E-state index contributed by atoms with van der Waals surface area (Å²) in [6.45, 7) is 4.76. The molecule has 0 atom stereocenters. The van der Waals surface area contributed by atoms with Crippen LogP contribution in [0.4, 0.5) is 34.1 Å². The van der Waals surface area contributed by atoms with Gasteiger partial charge in [0.25, 0.3) is 0 Å². The zero-order valence-electron chi connectivity index (χ0n) is 39.1. The molecule has 0 amide bonds. The Labute approximate surface area is 408 Å². The van der Waals surface area contributed by atoms with Gasteiger partial charge in [0.2, 0.25) is 0 Å². The largest absolute Gasteiger partial charge is 0.454 e. The van der Waals surface area contributed by atoms with Crippen molar-refractivity contribution in [2.75, 3.05) is 9.80 Å². The van der Waals surface area contributed by atoms with Crippen LogP contribution >= 0.6 is 0 Å². The van der Waals surface area contributed by atoms with Crippen LogP contribution in [0.5, 0.6) is 0 Å². The Morgan fingerprint density at radius 1 is 0.329 bits per heavy atom. The van der Waals surface area contributed by atoms with Gasteiger partial charge in [0.05, 0.1) is 5.69 Å². The summed E-state index contributed by atoms with van der Waals surface area (Å²) >= 11 is 0. The van der Waals surface area contributed by atoms with E-state index in [-0.39, 0.29) is 5.41 Å². The van der Waals surface area contributed by atoms with Gasteiger partial charge in [0.1, 0.15) is 5.58 Å². The van der Waals surface area contributed by atoms with E-state index >= 15 is 0 Å². The number of hydrogen-bond acceptors (Lipinski definition) is 3. The van der Waals surface area contributed by atoms with E-state index < -0.39 is 0 Å². The van der Waals surface area contributed by atoms with Crippen molar-refractivity contribution in [3.8, 4) is 44.5 Å². The van der Waals surface area contributed by atoms with Gasteiger partial charge in [-0.3, -0.25) is 0 Å². The standard InChI is InChI=1S/C67H48N2O/c1-67(2)61-42-48(45-20-7-3-8-21-45)35-38-57(61)58-39-36-52(44-62(58)67)68(50-25-11-5-12-26-50)53-40-49(56-37-34-46-22-15-16-29-55(46)65(56)47-23-9-4-10-24-47)41-54(43-53)69(51-27-13-6-14-28-51)63-32-19-31-60-59-30-17-18-33-64(59)70-66(60)63/h3-44H,1-2H3. The average molecular weight is 897 g/mol. The van der Waals surface area contributed by atoms with E-state index in [9.17, 15) is 0 Å². The Morgan fingerprint density at radius 2 is 0.886 bits per heavy atom. The lowest BCUT2D eigenvalue weighted by atomic mass is 9.81. The quantitative estimate of drug-likeness (QED) is 0.144. The van der Waals surface area contributed by atoms with Crippen molar-refractivity contribution in [1.29, 1.82) is 0 Å². The predicted molar refractivity (Wildman–Crippen MR) is 294 cm³/mol. The molecule has 0 unspecified atom stereocenters. The van der Waals surface area contributed by atoms with E-state index in [4.69, 9.17) is 4.42 Å². The first kappa shape index (κ1) is 41.3. The number of fused-ring (bicyclic) bond motifs is 7. The first-order valence-electron chi connectivity index (χ1n) is 24.2. The molecule has 0 spiro atoms. The van der Waals surface area contributed by atoms with E-state index in [0.29, 0.717) is 0 Å². The molecule has 0 saturated carbocycles. The number of furan rings is 1. The average Bonchev–Trinajstić information content (AvgIpc) is 3.91. The third-order valence-electron chi connectivity index (χ3n) is 14.4. The number of hydrogen-bond donors (Lipinski definition) is 0. The number of rotatable bonds is 9. The van der Waals surface area contributed by atoms with Crippen LogP contribution in [0.1, 0.15) is 25.0 Å². The van der Waals surface area contributed by atoms with Crippen molar-refractivity contribution in [3.05, 3.63) is 266 Å². The summed E-state index contributed by atoms with van der Waals surface area (Å²) < 4.78 is 6.83. The van der Waals surface area contributed by atoms with Gasteiger partial charge in [-0.2, -0.15) is 0 Å². The highest BCUT2D eigenvalue weighted by molar-refractivity contribution is 6.11. The lowest BCUT2D eigenvalue weighted by Gasteiger charge is -2.31. The van der Waals surface area contributed by atoms with Crippen LogP contribution in [0.25, 0.3) is 77.2 Å². The van der Waals surface area contributed by atoms with Crippen LogP contribution in [0, 0.1) is 0 Å². The summed E-state index contributed by atoms with van der Waals surface area (Å²) in [4.78, 5) is 4.81. The first-order chi connectivity index (χ1) is 34.5. The van der Waals surface area contributed by atoms with Gasteiger partial charge in [-0.05, 0) is 139 Å². The highest BCUT2D eigenvalue weighted by Gasteiger charge is 2.36. The highest BCUT2D eigenvalue weighted by atomic mass is 16.3. The summed E-state index contributed by atoms with van der Waals surface area (Å²) in [5.74, 6) is 0. The molecule has 13 rings (SSSR count). The van der Waals surface area contributed by atoms with Crippen molar-refractivity contribution in [2.24, 2.45) is 0 Å². The van der Waals surface area contributed by atoms with Crippen LogP contribution in [0.15, 0.2) is 259 Å². The minimum atomic E-state index is -0.244. The van der Waals surface area contributed by atoms with Gasteiger partial charge in [0, 0.05) is 44.6 Å². The van der Waals surface area contributed by atoms with Crippen LogP contribution in [0.3, 0.4) is 0 Å². The molecule has 1 heterocycles. The molecule has 0 radical (unpaired) electrons. The van der Waals surface area contributed by atoms with Crippen LogP contribution in [-0.4, -0.2) is 0 Å². The van der Waals surface area contributed by atoms with Gasteiger partial charge < -0.3 is 14.2 Å². The van der Waals surface area contributed by atoms with E-state index in [1.807, 2.05) is 6.07 Å². The molecular formula is C67H48N2O. The molecule has 1 aromatic heterocycles. The van der Waals surface area contributed by atoms with Crippen LogP contribution < -0.4 is 9.80 Å². The summed E-state index contributed by atoms with van der Waals surface area (Å²) in [7, 11) is 0. The summed E-state index contributed by atoms with van der Waals surface area (Å²) in [6, 6.07) is 92.5. The first-order valence-corrected chi connectivity index (χ1v) is 24.2. The van der Waals surface area contributed by atoms with Gasteiger partial charge in [-0.15, -0.1) is 0 Å². The number of para-hydroxylation sites is 4. The van der Waals surface area contributed by atoms with Crippen molar-refractivity contribution < 1.29 is 4.42 Å². The summed E-state index contributed by atoms with van der Waals surface area (Å²) in [6.07, 6.45) is 0. The molecule has 70 heavy (non-hydrogen) atoms. The van der Waals surface area contributed by atoms with E-state index in [1.54, 1.807) is 0 Å². The van der Waals surface area contributed by atoms with E-state index in [2.05, 4.69) is 272 Å². The van der Waals surface area contributed by atoms with Gasteiger partial charge >= 0.3 is 0 Å². The molecule has 0 N–H and O–H groups in total. The molecule has 3 nitrogen and oxygen atoms in total. The summed E-state index contributed by atoms with van der Waals surface area (Å²) in [5.41, 5.74) is 19.9. The molecule has 1 aliphatic rings. The smallest absolute Gasteiger partial charge is 0.159 e. The van der Waals surface area contributed by atoms with Crippen molar-refractivity contribution in [3.63, 3.8) is 0 Å². The maximum Gasteiger partial charge on any atom is 0.159 e. The molecule has 3 heteroatoms. The van der Waals surface area contributed by atoms with Crippen molar-refractivity contribution in [1.82, 2.24) is 0 Å². The normalized spacial score (nSPS) is 12.5. The lowest BCUT2D eigenvalue weighted by molar-refractivity contribution is 0.660. The van der Waals surface area contributed by atoms with E-state index in [1.165, 1.54) is 55.3 Å². The predicted octanol–water partition coefficient (Wildman–Crippen LogP) is 19.0. The maximum absolute atomic E-state index is 6.83. The molecule has 11 aromatic carbocycles. The fraction of sp³-hybridized carbons (Fsp3) is 0.0448. The van der Waals surface area contributed by atoms with Crippen molar-refractivity contribution >= 4 is 66.8 Å². The molecule has 0 saturated heterocycles. The fourth-order valence-corrected chi connectivity index (χ4v) is 11.0. The Balaban J connectivity index is 1.07. The Bertz CT molecular complexity index is 3910. The molecule has 0 aliphatic heterocycles. The second kappa shape index (κ2) is 16.7. The minimum Gasteiger partial charge on any atom is -0.454 e. The third-order valence-corrected chi connectivity index (χ3v) is 14.4. The van der Waals surface area contributed by atoms with Gasteiger partial charge in [-0.1, -0.05) is 196 Å². The molecular weight excluding hydrogens is 849 g/mol. The summed E-state index contributed by atoms with van der Waals surface area (Å²) in [5, 5.41) is 4.59. The Kier molecular flexibility index (Phi) is 9.85. The SMILES string of the molecule is CC1(C)c2cc(-c3ccccc3)ccc2-c2ccc(N(c3ccccc3)c3cc(-c4ccc5ccccc5c4-c4ccccc4)cc(N(c4ccccc4)c4cccc5c4oc4ccccc45)c3)cc21. The second-order valence-corrected chi connectivity index (χ2v) is 18.9. The third kappa shape index (κ3) is 6.89. The number of benzene rings is 11. The highest BCUT2D eigenvalue weighted by Crippen LogP contribution is 2.53. The number of nitrogens with zero attached hydrogens (tertiary/aromatic N) is 2. The minimum absolute atomic E-state index is 0.244. The monoisotopic (exact) mass is 896 g/mol. The molecule has 0 bridgehead atoms. The zero-order valence-corrected chi connectivity index (χ0v) is 39.1. The van der Waals surface area contributed by atoms with Crippen molar-refractivity contribution in [2.45, 2.75) is 19.3 Å². The fourth-order valence-electron chi connectivity index (χ4n) is 11.0. The molecule has 332 valence electrons. The Morgan fingerprint density at radius 3 is 1.61 bits per heavy atom. The Hall–Kier alpha value is -8.92. The lowest BCUT2D eigenvalue weighted by Crippen LogP contribution is -2.17. The van der Waals surface area contributed by atoms with Crippen LogP contribution in [-0.2, 0) is 5.41 Å². The molecule has 1 aliphatic carbocycles. The molecule has 12 aromatic rings.